The van der Waals surface area contributed by atoms with E-state index in [1.165, 1.54) is 6.92 Å². The first kappa shape index (κ1) is 14.2. The number of aryl methyl sites for hydroxylation is 1. The summed E-state index contributed by atoms with van der Waals surface area (Å²) in [5.74, 6) is -1.41. The highest BCUT2D eigenvalue weighted by Crippen LogP contribution is 2.20. The van der Waals surface area contributed by atoms with E-state index in [0.717, 1.165) is 11.8 Å². The molecule has 0 aliphatic rings. The summed E-state index contributed by atoms with van der Waals surface area (Å²) >= 11 is 0.928. The van der Waals surface area contributed by atoms with E-state index in [0.29, 0.717) is 6.54 Å². The molecular weight excluding hydrogens is 258 g/mol. The molecule has 0 saturated heterocycles. The van der Waals surface area contributed by atoms with Crippen molar-refractivity contribution < 1.29 is 14.7 Å². The number of nitrogens with one attached hydrogen (secondary N) is 2. The quantitative estimate of drug-likeness (QED) is 0.513. The Morgan fingerprint density at radius 1 is 1.50 bits per heavy atom. The minimum Gasteiger partial charge on any atom is -0.478 e. The molecule has 7 nitrogen and oxygen atoms in total. The summed E-state index contributed by atoms with van der Waals surface area (Å²) < 4.78 is 0. The second kappa shape index (κ2) is 6.20. The van der Waals surface area contributed by atoms with Crippen molar-refractivity contribution in [2.24, 2.45) is 0 Å². The Morgan fingerprint density at radius 2 is 2.17 bits per heavy atom. The number of carboxylic acids is 1. The van der Waals surface area contributed by atoms with Gasteiger partial charge in [-0.3, -0.25) is 4.79 Å². The molecule has 0 aliphatic heterocycles. The Labute approximate surface area is 107 Å². The fraction of sp³-hybridized carbons (Fsp3) is 0.400. The molecule has 0 atom stereocenters. The van der Waals surface area contributed by atoms with Gasteiger partial charge in [-0.15, -0.1) is 0 Å². The van der Waals surface area contributed by atoms with Crippen LogP contribution in [0, 0.1) is 6.92 Å². The first-order valence-corrected chi connectivity index (χ1v) is 6.18. The highest BCUT2D eigenvalue weighted by atomic mass is 32.2. The number of hydrogen-bond acceptors (Lipinski definition) is 5. The number of carboxylic acid groups (broad SMARTS) is 1. The molecule has 0 radical (unpaired) electrons. The summed E-state index contributed by atoms with van der Waals surface area (Å²) in [5, 5.41) is 11.7. The summed E-state index contributed by atoms with van der Waals surface area (Å²) in [6.45, 7) is 3.75. The van der Waals surface area contributed by atoms with Gasteiger partial charge in [0.05, 0.1) is 5.75 Å². The van der Waals surface area contributed by atoms with Crippen LogP contribution in [-0.2, 0) is 4.79 Å². The van der Waals surface area contributed by atoms with Gasteiger partial charge in [-0.25, -0.2) is 9.59 Å². The number of amides is 1. The number of carbonyl (C=O) groups excluding carboxylic acids is 1. The molecule has 0 aliphatic carbocycles. The smallest absolute Gasteiger partial charge is 0.346 e. The van der Waals surface area contributed by atoms with E-state index in [1.807, 2.05) is 0 Å². The maximum Gasteiger partial charge on any atom is 0.346 e. The lowest BCUT2D eigenvalue weighted by Crippen LogP contribution is -2.25. The Balaban J connectivity index is 2.97. The number of H-pyrrole nitrogens is 1. The SMILES string of the molecule is CCNC(=O)CSc1nc(=O)[nH]c(C)c1C(=O)O. The Kier molecular flexibility index (Phi) is 4.90. The lowest BCUT2D eigenvalue weighted by Gasteiger charge is -2.06. The first-order valence-electron chi connectivity index (χ1n) is 5.19. The fourth-order valence-electron chi connectivity index (χ4n) is 1.30. The van der Waals surface area contributed by atoms with Crippen molar-refractivity contribution in [2.45, 2.75) is 18.9 Å². The van der Waals surface area contributed by atoms with Crippen molar-refractivity contribution in [3.63, 3.8) is 0 Å². The van der Waals surface area contributed by atoms with Crippen molar-refractivity contribution in [3.05, 3.63) is 21.7 Å². The lowest BCUT2D eigenvalue weighted by molar-refractivity contribution is -0.118. The second-order valence-corrected chi connectivity index (χ2v) is 4.36. The van der Waals surface area contributed by atoms with Gasteiger partial charge in [0.15, 0.2) is 0 Å². The predicted molar refractivity (Wildman–Crippen MR) is 66.0 cm³/mol. The molecule has 18 heavy (non-hydrogen) atoms. The third kappa shape index (κ3) is 3.59. The second-order valence-electron chi connectivity index (χ2n) is 3.39. The molecule has 1 heterocycles. The Hall–Kier alpha value is -1.83. The average molecular weight is 271 g/mol. The van der Waals surface area contributed by atoms with E-state index in [2.05, 4.69) is 15.3 Å². The van der Waals surface area contributed by atoms with E-state index in [9.17, 15) is 14.4 Å². The van der Waals surface area contributed by atoms with Gasteiger partial charge in [-0.2, -0.15) is 4.98 Å². The largest absolute Gasteiger partial charge is 0.478 e. The molecule has 8 heteroatoms. The first-order chi connectivity index (χ1) is 8.45. The molecule has 0 bridgehead atoms. The summed E-state index contributed by atoms with van der Waals surface area (Å²) in [6, 6.07) is 0. The van der Waals surface area contributed by atoms with E-state index < -0.39 is 11.7 Å². The summed E-state index contributed by atoms with van der Waals surface area (Å²) in [6.07, 6.45) is 0. The predicted octanol–water partition coefficient (Wildman–Crippen LogP) is 0.00472. The maximum absolute atomic E-state index is 11.3. The van der Waals surface area contributed by atoms with Crippen LogP contribution >= 0.6 is 11.8 Å². The Bertz CT molecular complexity index is 526. The van der Waals surface area contributed by atoms with Crippen LogP contribution in [0.2, 0.25) is 0 Å². The van der Waals surface area contributed by atoms with Crippen LogP contribution < -0.4 is 11.0 Å². The maximum atomic E-state index is 11.3. The van der Waals surface area contributed by atoms with Crippen molar-refractivity contribution in [1.82, 2.24) is 15.3 Å². The third-order valence-corrected chi connectivity index (χ3v) is 2.99. The van der Waals surface area contributed by atoms with E-state index >= 15 is 0 Å². The minimum atomic E-state index is -1.19. The van der Waals surface area contributed by atoms with Crippen LogP contribution in [0.25, 0.3) is 0 Å². The van der Waals surface area contributed by atoms with Gasteiger partial charge in [0.2, 0.25) is 5.91 Å². The number of nitrogens with zero attached hydrogens (tertiary/aromatic N) is 1. The number of hydrogen-bond donors (Lipinski definition) is 3. The van der Waals surface area contributed by atoms with Crippen molar-refractivity contribution >= 4 is 23.6 Å². The van der Waals surface area contributed by atoms with Gasteiger partial charge in [-0.1, -0.05) is 11.8 Å². The van der Waals surface area contributed by atoms with Gasteiger partial charge < -0.3 is 15.4 Å². The van der Waals surface area contributed by atoms with Gasteiger partial charge >= 0.3 is 11.7 Å². The summed E-state index contributed by atoms with van der Waals surface area (Å²) in [7, 11) is 0. The molecule has 0 aromatic carbocycles. The van der Waals surface area contributed by atoms with Crippen molar-refractivity contribution in [2.75, 3.05) is 12.3 Å². The molecule has 1 aromatic heterocycles. The molecular formula is C10H13N3O4S. The fourth-order valence-corrected chi connectivity index (χ4v) is 2.20. The van der Waals surface area contributed by atoms with Crippen LogP contribution in [0.1, 0.15) is 23.0 Å². The number of aromatic nitrogens is 2. The highest BCUT2D eigenvalue weighted by molar-refractivity contribution is 8.00. The molecule has 0 unspecified atom stereocenters. The van der Waals surface area contributed by atoms with Gasteiger partial charge in [0, 0.05) is 12.2 Å². The normalized spacial score (nSPS) is 10.1. The molecule has 1 amide bonds. The zero-order valence-corrected chi connectivity index (χ0v) is 10.8. The van der Waals surface area contributed by atoms with E-state index in [-0.39, 0.29) is 27.9 Å². The summed E-state index contributed by atoms with van der Waals surface area (Å²) in [4.78, 5) is 39.4. The summed E-state index contributed by atoms with van der Waals surface area (Å²) in [5.41, 5.74) is -0.485. The molecule has 0 saturated carbocycles. The molecule has 1 rings (SSSR count). The van der Waals surface area contributed by atoms with Crippen LogP contribution in [0.3, 0.4) is 0 Å². The zero-order chi connectivity index (χ0) is 13.7. The average Bonchev–Trinajstić information content (AvgIpc) is 2.25. The number of rotatable bonds is 5. The minimum absolute atomic E-state index is 0.0179. The third-order valence-electron chi connectivity index (χ3n) is 2.01. The monoisotopic (exact) mass is 271 g/mol. The van der Waals surface area contributed by atoms with Crippen LogP contribution in [0.4, 0.5) is 0 Å². The highest BCUT2D eigenvalue weighted by Gasteiger charge is 2.17. The van der Waals surface area contributed by atoms with E-state index in [1.54, 1.807) is 6.92 Å². The topological polar surface area (TPSA) is 112 Å². The molecule has 98 valence electrons. The Morgan fingerprint density at radius 3 is 2.72 bits per heavy atom. The molecule has 1 aromatic rings. The van der Waals surface area contributed by atoms with Crippen molar-refractivity contribution in [3.8, 4) is 0 Å². The molecule has 0 spiro atoms. The zero-order valence-electron chi connectivity index (χ0n) is 9.94. The van der Waals surface area contributed by atoms with Crippen LogP contribution in [0.15, 0.2) is 9.82 Å². The van der Waals surface area contributed by atoms with Gasteiger partial charge in [-0.05, 0) is 13.8 Å². The lowest BCUT2D eigenvalue weighted by atomic mass is 10.2. The number of aromatic carboxylic acids is 1. The van der Waals surface area contributed by atoms with Crippen LogP contribution in [0.5, 0.6) is 0 Å². The van der Waals surface area contributed by atoms with E-state index in [4.69, 9.17) is 5.11 Å². The standard InChI is InChI=1S/C10H13N3O4S/c1-3-11-6(14)4-18-8-7(9(15)16)5(2)12-10(17)13-8/h3-4H2,1-2H3,(H,11,14)(H,15,16)(H,12,13,17). The number of carbonyl (C=O) groups is 2. The van der Waals surface area contributed by atoms with Crippen LogP contribution in [-0.4, -0.2) is 39.2 Å². The molecule has 3 N–H and O–H groups in total. The molecule has 0 fully saturated rings. The van der Waals surface area contributed by atoms with Gasteiger partial charge in [0.1, 0.15) is 10.6 Å². The number of thioether (sulfide) groups is 1. The van der Waals surface area contributed by atoms with Crippen molar-refractivity contribution in [1.29, 1.82) is 0 Å². The number of aromatic amines is 1. The van der Waals surface area contributed by atoms with Gasteiger partial charge in [0.25, 0.3) is 0 Å².